The molecule has 2 aliphatic carbocycles. The molecule has 2 N–H and O–H groups in total. The largest absolute Gasteiger partial charge is 0.492 e. The van der Waals surface area contributed by atoms with Crippen LogP contribution in [-0.4, -0.2) is 76.5 Å². The minimum Gasteiger partial charge on any atom is -0.492 e. The van der Waals surface area contributed by atoms with E-state index >= 15 is 0 Å². The fraction of sp³-hybridized carbons (Fsp3) is 0.415. The standard InChI is InChI=1S/C41H42Cl2N4O5/c42-35-13-28(20-47-24-41(25-47)15-29(48)16-41)38(51-23-27-12-26(17-44)18-45-19-27)14-39(35)52-36-9-8-32-31(4-1-5-33(32)36)34-6-2-7-37(40(34)43)50-11-3-10-46-21-30(49)22-46/h1-2,4-7,12-14,18-19,29-30,36,48-49H,3,8-11,15-16,20-25H2/t36-/m0/s1. The summed E-state index contributed by atoms with van der Waals surface area (Å²) in [6.45, 7) is 5.71. The molecule has 1 atom stereocenters. The van der Waals surface area contributed by atoms with Crippen molar-refractivity contribution < 1.29 is 24.4 Å². The molecular weight excluding hydrogens is 699 g/mol. The van der Waals surface area contributed by atoms with Crippen molar-refractivity contribution in [1.82, 2.24) is 14.8 Å². The summed E-state index contributed by atoms with van der Waals surface area (Å²) in [6, 6.07) is 20.0. The van der Waals surface area contributed by atoms with Crippen LogP contribution in [0.1, 0.15) is 59.6 Å². The Morgan fingerprint density at radius 2 is 1.71 bits per heavy atom. The van der Waals surface area contributed by atoms with Crippen molar-refractivity contribution >= 4 is 23.2 Å². The molecule has 8 rings (SSSR count). The highest BCUT2D eigenvalue weighted by atomic mass is 35.5. The molecule has 3 heterocycles. The molecule has 270 valence electrons. The maximum absolute atomic E-state index is 9.88. The summed E-state index contributed by atoms with van der Waals surface area (Å²) in [5.74, 6) is 1.89. The minimum absolute atomic E-state index is 0.176. The summed E-state index contributed by atoms with van der Waals surface area (Å²) in [6.07, 6.45) is 6.86. The highest BCUT2D eigenvalue weighted by Crippen LogP contribution is 2.50. The lowest BCUT2D eigenvalue weighted by molar-refractivity contribution is -0.131. The predicted octanol–water partition coefficient (Wildman–Crippen LogP) is 6.97. The SMILES string of the molecule is N#Cc1cncc(COc2cc(O[C@H]3CCc4c(-c5cccc(OCCCN6CC(O)C6)c5Cl)cccc43)c(Cl)cc2CN2CC3(CC(O)C3)C2)c1. The van der Waals surface area contributed by atoms with Gasteiger partial charge in [-0.05, 0) is 67.0 Å². The van der Waals surface area contributed by atoms with Crippen molar-refractivity contribution in [3.05, 3.63) is 105 Å². The zero-order valence-corrected chi connectivity index (χ0v) is 30.5. The Morgan fingerprint density at radius 3 is 2.50 bits per heavy atom. The van der Waals surface area contributed by atoms with E-state index in [0.29, 0.717) is 46.0 Å². The first-order valence-electron chi connectivity index (χ1n) is 18.1. The number of hydrogen-bond donors (Lipinski definition) is 2. The maximum atomic E-state index is 9.88. The van der Waals surface area contributed by atoms with E-state index in [1.54, 1.807) is 12.3 Å². The van der Waals surface area contributed by atoms with Gasteiger partial charge in [-0.15, -0.1) is 0 Å². The number of likely N-dealkylation sites (tertiary alicyclic amines) is 2. The maximum Gasteiger partial charge on any atom is 0.142 e. The van der Waals surface area contributed by atoms with Gasteiger partial charge in [-0.25, -0.2) is 0 Å². The first-order valence-corrected chi connectivity index (χ1v) is 18.8. The van der Waals surface area contributed by atoms with Crippen molar-refractivity contribution in [3.63, 3.8) is 0 Å². The van der Waals surface area contributed by atoms with Gasteiger partial charge in [-0.1, -0.05) is 53.5 Å². The Kier molecular flexibility index (Phi) is 10.1. The quantitative estimate of drug-likeness (QED) is 0.140. The Hall–Kier alpha value is -3.88. The molecule has 4 aliphatic rings. The molecule has 2 saturated heterocycles. The molecule has 0 bridgehead atoms. The lowest BCUT2D eigenvalue weighted by atomic mass is 9.62. The number of halogens is 2. The Balaban J connectivity index is 0.992. The van der Waals surface area contributed by atoms with E-state index in [4.69, 9.17) is 37.4 Å². The van der Waals surface area contributed by atoms with Gasteiger partial charge < -0.3 is 24.4 Å². The van der Waals surface area contributed by atoms with Crippen molar-refractivity contribution in [2.75, 3.05) is 39.3 Å². The molecule has 0 amide bonds. The Labute approximate surface area is 314 Å². The fourth-order valence-corrected chi connectivity index (χ4v) is 8.85. The summed E-state index contributed by atoms with van der Waals surface area (Å²) >= 11 is 13.9. The summed E-state index contributed by atoms with van der Waals surface area (Å²) in [4.78, 5) is 8.77. The second-order valence-corrected chi connectivity index (χ2v) is 15.6. The van der Waals surface area contributed by atoms with Crippen LogP contribution in [0.3, 0.4) is 0 Å². The molecule has 11 heteroatoms. The van der Waals surface area contributed by atoms with E-state index < -0.39 is 0 Å². The number of hydrogen-bond acceptors (Lipinski definition) is 9. The van der Waals surface area contributed by atoms with Crippen LogP contribution in [0.25, 0.3) is 11.1 Å². The van der Waals surface area contributed by atoms with Gasteiger partial charge >= 0.3 is 0 Å². The third-order valence-corrected chi connectivity index (χ3v) is 11.5. The molecule has 3 aromatic carbocycles. The average Bonchev–Trinajstić information content (AvgIpc) is 3.51. The first kappa shape index (κ1) is 35.2. The summed E-state index contributed by atoms with van der Waals surface area (Å²) in [7, 11) is 0. The number of aliphatic hydroxyl groups excluding tert-OH is 2. The smallest absolute Gasteiger partial charge is 0.142 e. The molecule has 9 nitrogen and oxygen atoms in total. The highest BCUT2D eigenvalue weighted by Gasteiger charge is 2.51. The summed E-state index contributed by atoms with van der Waals surface area (Å²) in [5, 5.41) is 29.9. The van der Waals surface area contributed by atoms with E-state index in [1.165, 1.54) is 11.8 Å². The average molecular weight is 742 g/mol. The van der Waals surface area contributed by atoms with E-state index in [0.717, 1.165) is 92.6 Å². The molecule has 4 aromatic rings. The molecule has 52 heavy (non-hydrogen) atoms. The number of nitrogens with zero attached hydrogens (tertiary/aromatic N) is 4. The van der Waals surface area contributed by atoms with Crippen LogP contribution in [-0.2, 0) is 19.6 Å². The molecule has 2 aliphatic heterocycles. The van der Waals surface area contributed by atoms with Crippen molar-refractivity contribution in [2.45, 2.75) is 63.6 Å². The molecule has 0 unspecified atom stereocenters. The van der Waals surface area contributed by atoms with Crippen LogP contribution in [0.4, 0.5) is 0 Å². The lowest BCUT2D eigenvalue weighted by Gasteiger charge is -2.58. The number of ether oxygens (including phenoxy) is 3. The van der Waals surface area contributed by atoms with Crippen LogP contribution in [0, 0.1) is 16.7 Å². The summed E-state index contributed by atoms with van der Waals surface area (Å²) in [5.41, 5.74) is 6.78. The van der Waals surface area contributed by atoms with Crippen molar-refractivity contribution in [1.29, 1.82) is 5.26 Å². The lowest BCUT2D eigenvalue weighted by Crippen LogP contribution is -2.63. The van der Waals surface area contributed by atoms with Gasteiger partial charge in [0.2, 0.25) is 0 Å². The molecule has 1 spiro atoms. The van der Waals surface area contributed by atoms with Gasteiger partial charge in [0.05, 0.1) is 34.4 Å². The van der Waals surface area contributed by atoms with Crippen LogP contribution in [0.5, 0.6) is 17.2 Å². The fourth-order valence-electron chi connectivity index (χ4n) is 8.34. The topological polar surface area (TPSA) is 111 Å². The number of benzene rings is 3. The molecule has 0 radical (unpaired) electrons. The monoisotopic (exact) mass is 740 g/mol. The molecular formula is C41H42Cl2N4O5. The molecule has 3 fully saturated rings. The van der Waals surface area contributed by atoms with Crippen LogP contribution < -0.4 is 14.2 Å². The predicted molar refractivity (Wildman–Crippen MR) is 199 cm³/mol. The first-order chi connectivity index (χ1) is 25.3. The Morgan fingerprint density at radius 1 is 0.904 bits per heavy atom. The van der Waals surface area contributed by atoms with Crippen LogP contribution in [0.2, 0.25) is 10.0 Å². The van der Waals surface area contributed by atoms with E-state index in [-0.39, 0.29) is 30.3 Å². The Bertz CT molecular complexity index is 1980. The van der Waals surface area contributed by atoms with E-state index in [1.807, 2.05) is 36.4 Å². The van der Waals surface area contributed by atoms with Gasteiger partial charge in [0.25, 0.3) is 0 Å². The van der Waals surface area contributed by atoms with Gasteiger partial charge in [0.1, 0.15) is 36.0 Å². The van der Waals surface area contributed by atoms with Gasteiger partial charge in [0, 0.05) is 79.8 Å². The normalized spacial score (nSPS) is 19.7. The number of aromatic nitrogens is 1. The van der Waals surface area contributed by atoms with Crippen molar-refractivity contribution in [3.8, 4) is 34.4 Å². The zero-order valence-electron chi connectivity index (χ0n) is 28.9. The number of pyridine rings is 1. The second kappa shape index (κ2) is 14.9. The van der Waals surface area contributed by atoms with Gasteiger partial charge in [0.15, 0.2) is 0 Å². The summed E-state index contributed by atoms with van der Waals surface area (Å²) < 4.78 is 19.2. The second-order valence-electron chi connectivity index (χ2n) is 14.8. The van der Waals surface area contributed by atoms with Crippen molar-refractivity contribution in [2.24, 2.45) is 5.41 Å². The number of aliphatic hydroxyl groups is 2. The minimum atomic E-state index is -0.207. The van der Waals surface area contributed by atoms with E-state index in [2.05, 4.69) is 33.0 Å². The molecule has 1 saturated carbocycles. The number of β-amino-alcohol motifs (C(OH)–C–C–N with tert-alkyl or cyclic N) is 1. The third kappa shape index (κ3) is 7.34. The number of fused-ring (bicyclic) bond motifs is 1. The number of rotatable bonds is 13. The van der Waals surface area contributed by atoms with Gasteiger partial charge in [-0.3, -0.25) is 14.8 Å². The van der Waals surface area contributed by atoms with Crippen LogP contribution >= 0.6 is 23.2 Å². The zero-order chi connectivity index (χ0) is 35.8. The van der Waals surface area contributed by atoms with E-state index in [9.17, 15) is 15.5 Å². The molecule has 1 aromatic heterocycles. The van der Waals surface area contributed by atoms with Crippen LogP contribution in [0.15, 0.2) is 67.0 Å². The highest BCUT2D eigenvalue weighted by molar-refractivity contribution is 6.35. The third-order valence-electron chi connectivity index (χ3n) is 10.8. The number of nitriles is 1. The van der Waals surface area contributed by atoms with Gasteiger partial charge in [-0.2, -0.15) is 5.26 Å².